The van der Waals surface area contributed by atoms with E-state index in [1.54, 1.807) is 24.4 Å². The number of benzene rings is 3. The van der Waals surface area contributed by atoms with E-state index >= 15 is 0 Å². The van der Waals surface area contributed by atoms with Gasteiger partial charge in [0.1, 0.15) is 17.2 Å². The molecule has 0 spiro atoms. The van der Waals surface area contributed by atoms with Crippen molar-refractivity contribution in [3.8, 4) is 17.2 Å². The van der Waals surface area contributed by atoms with E-state index < -0.39 is 5.97 Å². The Morgan fingerprint density at radius 1 is 0.885 bits per heavy atom. The van der Waals surface area contributed by atoms with Gasteiger partial charge in [-0.25, -0.2) is 4.79 Å². The summed E-state index contributed by atoms with van der Waals surface area (Å²) in [4.78, 5) is 15.0. The van der Waals surface area contributed by atoms with E-state index in [0.717, 1.165) is 22.7 Å². The normalized spacial score (nSPS) is 10.6. The zero-order chi connectivity index (χ0) is 18.2. The first kappa shape index (κ1) is 17.2. The first-order valence-electron chi connectivity index (χ1n) is 8.01. The molecule has 0 amide bonds. The van der Waals surface area contributed by atoms with E-state index in [2.05, 4.69) is 4.99 Å². The SMILES string of the molecule is O=C(O)COc1cccc(C=Nc2ccc(Oc3ccccc3)cc2)c1. The van der Waals surface area contributed by atoms with Crippen LogP contribution in [0.25, 0.3) is 0 Å². The van der Waals surface area contributed by atoms with Gasteiger partial charge in [0.25, 0.3) is 0 Å². The maximum absolute atomic E-state index is 10.5. The number of carbonyl (C=O) groups is 1. The van der Waals surface area contributed by atoms with E-state index in [-0.39, 0.29) is 6.61 Å². The number of hydrogen-bond acceptors (Lipinski definition) is 4. The minimum Gasteiger partial charge on any atom is -0.482 e. The lowest BCUT2D eigenvalue weighted by Crippen LogP contribution is -2.09. The molecule has 0 aliphatic heterocycles. The van der Waals surface area contributed by atoms with E-state index in [1.807, 2.05) is 60.7 Å². The zero-order valence-corrected chi connectivity index (χ0v) is 13.9. The minimum absolute atomic E-state index is 0.372. The maximum atomic E-state index is 10.5. The zero-order valence-electron chi connectivity index (χ0n) is 13.9. The van der Waals surface area contributed by atoms with E-state index in [1.165, 1.54) is 0 Å². The fourth-order valence-electron chi connectivity index (χ4n) is 2.20. The van der Waals surface area contributed by atoms with Crippen LogP contribution in [0.5, 0.6) is 17.2 Å². The Bertz CT molecular complexity index is 889. The summed E-state index contributed by atoms with van der Waals surface area (Å²) in [6, 6.07) is 24.1. The molecule has 0 bridgehead atoms. The quantitative estimate of drug-likeness (QED) is 0.629. The summed E-state index contributed by atoms with van der Waals surface area (Å²) in [7, 11) is 0. The van der Waals surface area contributed by atoms with Crippen LogP contribution in [-0.4, -0.2) is 23.9 Å². The molecule has 130 valence electrons. The van der Waals surface area contributed by atoms with Gasteiger partial charge in [-0.05, 0) is 54.1 Å². The highest BCUT2D eigenvalue weighted by Gasteiger charge is 2.00. The van der Waals surface area contributed by atoms with E-state index in [0.29, 0.717) is 5.75 Å². The van der Waals surface area contributed by atoms with Crippen LogP contribution in [0.4, 0.5) is 5.69 Å². The van der Waals surface area contributed by atoms with Crippen molar-refractivity contribution in [2.75, 3.05) is 6.61 Å². The van der Waals surface area contributed by atoms with Gasteiger partial charge in [0.15, 0.2) is 6.61 Å². The predicted octanol–water partition coefficient (Wildman–Crippen LogP) is 4.69. The van der Waals surface area contributed by atoms with Gasteiger partial charge in [-0.1, -0.05) is 30.3 Å². The molecule has 5 heteroatoms. The molecule has 0 unspecified atom stereocenters. The molecule has 3 aromatic rings. The van der Waals surface area contributed by atoms with Crippen LogP contribution in [0.15, 0.2) is 83.9 Å². The smallest absolute Gasteiger partial charge is 0.341 e. The van der Waals surface area contributed by atoms with Gasteiger partial charge in [0, 0.05) is 6.21 Å². The number of ether oxygens (including phenoxy) is 2. The average molecular weight is 347 g/mol. The van der Waals surface area contributed by atoms with Crippen molar-refractivity contribution in [1.82, 2.24) is 0 Å². The molecule has 0 aromatic heterocycles. The molecule has 0 saturated heterocycles. The van der Waals surface area contributed by atoms with Crippen molar-refractivity contribution < 1.29 is 19.4 Å². The van der Waals surface area contributed by atoms with Gasteiger partial charge in [0.2, 0.25) is 0 Å². The maximum Gasteiger partial charge on any atom is 0.341 e. The Labute approximate surface area is 151 Å². The number of nitrogens with zero attached hydrogens (tertiary/aromatic N) is 1. The van der Waals surface area contributed by atoms with E-state index in [4.69, 9.17) is 14.6 Å². The van der Waals surface area contributed by atoms with Crippen molar-refractivity contribution >= 4 is 17.9 Å². The van der Waals surface area contributed by atoms with Crippen molar-refractivity contribution in [3.63, 3.8) is 0 Å². The number of carboxylic acids is 1. The number of hydrogen-bond donors (Lipinski definition) is 1. The van der Waals surface area contributed by atoms with Crippen LogP contribution >= 0.6 is 0 Å². The summed E-state index contributed by atoms with van der Waals surface area (Å²) in [6.45, 7) is -0.372. The lowest BCUT2D eigenvalue weighted by atomic mass is 10.2. The molecule has 0 atom stereocenters. The molecule has 0 aliphatic rings. The number of carboxylic acid groups (broad SMARTS) is 1. The van der Waals surface area contributed by atoms with Gasteiger partial charge in [-0.3, -0.25) is 4.99 Å². The second-order valence-corrected chi connectivity index (χ2v) is 5.42. The molecule has 0 saturated carbocycles. The summed E-state index contributed by atoms with van der Waals surface area (Å²) >= 11 is 0. The van der Waals surface area contributed by atoms with Gasteiger partial charge < -0.3 is 14.6 Å². The second kappa shape index (κ2) is 8.48. The highest BCUT2D eigenvalue weighted by atomic mass is 16.5. The summed E-state index contributed by atoms with van der Waals surface area (Å²) < 4.78 is 10.9. The van der Waals surface area contributed by atoms with Crippen LogP contribution in [0, 0.1) is 0 Å². The molecule has 0 fully saturated rings. The molecule has 5 nitrogen and oxygen atoms in total. The van der Waals surface area contributed by atoms with Crippen LogP contribution in [0.2, 0.25) is 0 Å². The lowest BCUT2D eigenvalue weighted by Gasteiger charge is -2.05. The molecular weight excluding hydrogens is 330 g/mol. The Kier molecular flexibility index (Phi) is 5.62. The number of rotatable bonds is 7. The standard InChI is InChI=1S/C21H17NO4/c23-21(24)15-25-20-8-4-5-16(13-20)14-22-17-9-11-19(12-10-17)26-18-6-2-1-3-7-18/h1-14H,15H2,(H,23,24). The summed E-state index contributed by atoms with van der Waals surface area (Å²) in [5, 5.41) is 8.65. The van der Waals surface area contributed by atoms with Gasteiger partial charge in [0.05, 0.1) is 5.69 Å². The average Bonchev–Trinajstić information content (AvgIpc) is 2.67. The number of aliphatic carboxylic acids is 1. The Morgan fingerprint density at radius 2 is 1.58 bits per heavy atom. The first-order chi connectivity index (χ1) is 12.7. The largest absolute Gasteiger partial charge is 0.482 e. The lowest BCUT2D eigenvalue weighted by molar-refractivity contribution is -0.139. The fraction of sp³-hybridized carbons (Fsp3) is 0.0476. The second-order valence-electron chi connectivity index (χ2n) is 5.42. The van der Waals surface area contributed by atoms with Gasteiger partial charge in [-0.15, -0.1) is 0 Å². The Morgan fingerprint density at radius 3 is 2.31 bits per heavy atom. The summed E-state index contributed by atoms with van der Waals surface area (Å²) in [5.74, 6) is 0.992. The van der Waals surface area contributed by atoms with Crippen molar-refractivity contribution in [1.29, 1.82) is 0 Å². The van der Waals surface area contributed by atoms with Crippen LogP contribution in [-0.2, 0) is 4.79 Å². The van der Waals surface area contributed by atoms with E-state index in [9.17, 15) is 4.79 Å². The third-order valence-electron chi connectivity index (χ3n) is 3.40. The van der Waals surface area contributed by atoms with Crippen LogP contribution in [0.3, 0.4) is 0 Å². The Balaban J connectivity index is 1.63. The minimum atomic E-state index is -1.01. The summed E-state index contributed by atoms with van der Waals surface area (Å²) in [6.07, 6.45) is 1.70. The third kappa shape index (κ3) is 5.21. The molecule has 0 radical (unpaired) electrons. The number of para-hydroxylation sites is 1. The molecular formula is C21H17NO4. The van der Waals surface area contributed by atoms with Crippen LogP contribution in [0.1, 0.15) is 5.56 Å². The fourth-order valence-corrected chi connectivity index (χ4v) is 2.20. The van der Waals surface area contributed by atoms with Crippen molar-refractivity contribution in [3.05, 3.63) is 84.4 Å². The highest BCUT2D eigenvalue weighted by molar-refractivity contribution is 5.82. The molecule has 3 rings (SSSR count). The van der Waals surface area contributed by atoms with Crippen LogP contribution < -0.4 is 9.47 Å². The predicted molar refractivity (Wildman–Crippen MR) is 99.8 cm³/mol. The van der Waals surface area contributed by atoms with Crippen molar-refractivity contribution in [2.24, 2.45) is 4.99 Å². The topological polar surface area (TPSA) is 68.1 Å². The molecule has 0 heterocycles. The van der Waals surface area contributed by atoms with Gasteiger partial charge >= 0.3 is 5.97 Å². The van der Waals surface area contributed by atoms with Crippen molar-refractivity contribution in [2.45, 2.75) is 0 Å². The van der Waals surface area contributed by atoms with Gasteiger partial charge in [-0.2, -0.15) is 0 Å². The summed E-state index contributed by atoms with van der Waals surface area (Å²) in [5.41, 5.74) is 1.60. The number of aliphatic imine (C=N–C) groups is 1. The first-order valence-corrected chi connectivity index (χ1v) is 8.01. The highest BCUT2D eigenvalue weighted by Crippen LogP contribution is 2.23. The Hall–Kier alpha value is -3.60. The molecule has 0 aliphatic carbocycles. The monoisotopic (exact) mass is 347 g/mol. The third-order valence-corrected chi connectivity index (χ3v) is 3.40. The molecule has 26 heavy (non-hydrogen) atoms. The molecule has 3 aromatic carbocycles. The molecule has 1 N–H and O–H groups in total.